The standard InChI is InChI=1S/C8H19NO/c1-5-8(2,3)7(9)6-10-4/h7H,5-6,9H2,1-4H3. The largest absolute Gasteiger partial charge is 0.383 e. The highest BCUT2D eigenvalue weighted by molar-refractivity contribution is 4.79. The quantitative estimate of drug-likeness (QED) is 0.649. The molecule has 0 aromatic carbocycles. The van der Waals surface area contributed by atoms with Crippen LogP contribution in [0.3, 0.4) is 0 Å². The lowest BCUT2D eigenvalue weighted by Crippen LogP contribution is -2.40. The van der Waals surface area contributed by atoms with E-state index in [0.29, 0.717) is 6.61 Å². The van der Waals surface area contributed by atoms with Gasteiger partial charge in [-0.25, -0.2) is 0 Å². The van der Waals surface area contributed by atoms with Crippen LogP contribution < -0.4 is 5.73 Å². The molecule has 0 bridgehead atoms. The van der Waals surface area contributed by atoms with Crippen LogP contribution >= 0.6 is 0 Å². The Morgan fingerprint density at radius 3 is 2.30 bits per heavy atom. The highest BCUT2D eigenvalue weighted by Gasteiger charge is 2.23. The third-order valence-corrected chi connectivity index (χ3v) is 2.26. The van der Waals surface area contributed by atoms with Crippen molar-refractivity contribution in [1.29, 1.82) is 0 Å². The molecule has 2 nitrogen and oxygen atoms in total. The molecule has 0 saturated heterocycles. The summed E-state index contributed by atoms with van der Waals surface area (Å²) in [5.74, 6) is 0. The van der Waals surface area contributed by atoms with Gasteiger partial charge >= 0.3 is 0 Å². The van der Waals surface area contributed by atoms with Crippen molar-refractivity contribution in [2.75, 3.05) is 13.7 Å². The minimum absolute atomic E-state index is 0.155. The molecule has 0 aliphatic carbocycles. The molecule has 0 saturated carbocycles. The summed E-state index contributed by atoms with van der Waals surface area (Å²) in [5.41, 5.74) is 6.05. The molecule has 0 amide bonds. The van der Waals surface area contributed by atoms with E-state index in [1.165, 1.54) is 0 Å². The average Bonchev–Trinajstić information content (AvgIpc) is 1.89. The molecular formula is C8H19NO. The van der Waals surface area contributed by atoms with Crippen LogP contribution in [0.15, 0.2) is 0 Å². The second kappa shape index (κ2) is 3.94. The molecule has 0 aliphatic rings. The highest BCUT2D eigenvalue weighted by Crippen LogP contribution is 2.22. The first-order valence-electron chi connectivity index (χ1n) is 3.79. The van der Waals surface area contributed by atoms with Gasteiger partial charge in [-0.1, -0.05) is 20.8 Å². The van der Waals surface area contributed by atoms with E-state index in [2.05, 4.69) is 20.8 Å². The molecular weight excluding hydrogens is 126 g/mol. The van der Waals surface area contributed by atoms with E-state index in [1.807, 2.05) is 0 Å². The maximum absolute atomic E-state index is 5.85. The molecule has 2 heteroatoms. The van der Waals surface area contributed by atoms with E-state index < -0.39 is 0 Å². The van der Waals surface area contributed by atoms with Crippen LogP contribution in [0.5, 0.6) is 0 Å². The van der Waals surface area contributed by atoms with Crippen LogP contribution in [0.1, 0.15) is 27.2 Å². The van der Waals surface area contributed by atoms with Crippen molar-refractivity contribution in [1.82, 2.24) is 0 Å². The predicted octanol–water partition coefficient (Wildman–Crippen LogP) is 1.40. The molecule has 1 unspecified atom stereocenters. The van der Waals surface area contributed by atoms with Crippen LogP contribution in [-0.4, -0.2) is 19.8 Å². The summed E-state index contributed by atoms with van der Waals surface area (Å²) in [5, 5.41) is 0. The van der Waals surface area contributed by atoms with Crippen LogP contribution in [0.2, 0.25) is 0 Å². The molecule has 0 heterocycles. The Balaban J connectivity index is 3.78. The smallest absolute Gasteiger partial charge is 0.0618 e. The molecule has 0 aromatic heterocycles. The molecule has 10 heavy (non-hydrogen) atoms. The lowest BCUT2D eigenvalue weighted by atomic mass is 9.83. The summed E-state index contributed by atoms with van der Waals surface area (Å²) in [7, 11) is 1.69. The van der Waals surface area contributed by atoms with Crippen molar-refractivity contribution in [3.63, 3.8) is 0 Å². The molecule has 0 rings (SSSR count). The number of rotatable bonds is 4. The fourth-order valence-electron chi connectivity index (χ4n) is 0.667. The van der Waals surface area contributed by atoms with Gasteiger partial charge in [0.05, 0.1) is 6.61 Å². The maximum atomic E-state index is 5.85. The topological polar surface area (TPSA) is 35.2 Å². The first kappa shape index (κ1) is 9.92. The number of hydrogen-bond donors (Lipinski definition) is 1. The minimum atomic E-state index is 0.155. The van der Waals surface area contributed by atoms with Gasteiger partial charge in [0.1, 0.15) is 0 Å². The van der Waals surface area contributed by atoms with Gasteiger partial charge in [0.25, 0.3) is 0 Å². The summed E-state index contributed by atoms with van der Waals surface area (Å²) < 4.78 is 4.97. The fourth-order valence-corrected chi connectivity index (χ4v) is 0.667. The Hall–Kier alpha value is -0.0800. The molecule has 1 atom stereocenters. The van der Waals surface area contributed by atoms with Crippen molar-refractivity contribution in [3.8, 4) is 0 Å². The summed E-state index contributed by atoms with van der Waals surface area (Å²) in [6, 6.07) is 0.155. The zero-order valence-corrected chi connectivity index (χ0v) is 7.48. The molecule has 0 spiro atoms. The van der Waals surface area contributed by atoms with E-state index in [4.69, 9.17) is 10.5 Å². The Morgan fingerprint density at radius 2 is 2.00 bits per heavy atom. The van der Waals surface area contributed by atoms with Crippen molar-refractivity contribution in [2.24, 2.45) is 11.1 Å². The fraction of sp³-hybridized carbons (Fsp3) is 1.00. The second-order valence-electron chi connectivity index (χ2n) is 3.40. The normalized spacial score (nSPS) is 15.3. The van der Waals surface area contributed by atoms with Crippen LogP contribution in [0, 0.1) is 5.41 Å². The first-order valence-corrected chi connectivity index (χ1v) is 3.79. The summed E-state index contributed by atoms with van der Waals surface area (Å²) in [6.07, 6.45) is 1.09. The van der Waals surface area contributed by atoms with Crippen molar-refractivity contribution in [2.45, 2.75) is 33.2 Å². The molecule has 0 fully saturated rings. The zero-order valence-electron chi connectivity index (χ0n) is 7.48. The van der Waals surface area contributed by atoms with Gasteiger partial charge in [-0.3, -0.25) is 0 Å². The first-order chi connectivity index (χ1) is 4.54. The summed E-state index contributed by atoms with van der Waals surface area (Å²) in [4.78, 5) is 0. The van der Waals surface area contributed by atoms with Crippen molar-refractivity contribution in [3.05, 3.63) is 0 Å². The van der Waals surface area contributed by atoms with Crippen molar-refractivity contribution < 1.29 is 4.74 Å². The lowest BCUT2D eigenvalue weighted by molar-refractivity contribution is 0.124. The Kier molecular flexibility index (Phi) is 3.91. The maximum Gasteiger partial charge on any atom is 0.0618 e. The summed E-state index contributed by atoms with van der Waals surface area (Å²) >= 11 is 0. The lowest BCUT2D eigenvalue weighted by Gasteiger charge is -2.29. The Morgan fingerprint density at radius 1 is 1.50 bits per heavy atom. The second-order valence-corrected chi connectivity index (χ2v) is 3.40. The third-order valence-electron chi connectivity index (χ3n) is 2.26. The van der Waals surface area contributed by atoms with Crippen LogP contribution in [-0.2, 0) is 4.74 Å². The van der Waals surface area contributed by atoms with E-state index >= 15 is 0 Å². The van der Waals surface area contributed by atoms with Crippen LogP contribution in [0.25, 0.3) is 0 Å². The Bertz CT molecular complexity index is 91.3. The predicted molar refractivity (Wildman–Crippen MR) is 43.9 cm³/mol. The summed E-state index contributed by atoms with van der Waals surface area (Å²) in [6.45, 7) is 7.13. The van der Waals surface area contributed by atoms with Gasteiger partial charge in [-0.15, -0.1) is 0 Å². The van der Waals surface area contributed by atoms with E-state index in [1.54, 1.807) is 7.11 Å². The number of methoxy groups -OCH3 is 1. The molecule has 0 radical (unpaired) electrons. The SMILES string of the molecule is CCC(C)(C)C(N)COC. The van der Waals surface area contributed by atoms with Crippen molar-refractivity contribution >= 4 is 0 Å². The van der Waals surface area contributed by atoms with Gasteiger partial charge in [0.15, 0.2) is 0 Å². The molecule has 62 valence electrons. The van der Waals surface area contributed by atoms with E-state index in [-0.39, 0.29) is 11.5 Å². The monoisotopic (exact) mass is 145 g/mol. The molecule has 0 aromatic rings. The number of ether oxygens (including phenoxy) is 1. The number of hydrogen-bond acceptors (Lipinski definition) is 2. The highest BCUT2D eigenvalue weighted by atomic mass is 16.5. The zero-order chi connectivity index (χ0) is 8.20. The van der Waals surface area contributed by atoms with Gasteiger partial charge < -0.3 is 10.5 Å². The van der Waals surface area contributed by atoms with E-state index in [9.17, 15) is 0 Å². The Labute approximate surface area is 63.7 Å². The van der Waals surface area contributed by atoms with Gasteiger partial charge in [-0.2, -0.15) is 0 Å². The minimum Gasteiger partial charge on any atom is -0.383 e. The molecule has 0 aliphatic heterocycles. The average molecular weight is 145 g/mol. The molecule has 2 N–H and O–H groups in total. The van der Waals surface area contributed by atoms with Gasteiger partial charge in [0, 0.05) is 13.2 Å². The van der Waals surface area contributed by atoms with Gasteiger partial charge in [-0.05, 0) is 11.8 Å². The van der Waals surface area contributed by atoms with E-state index in [0.717, 1.165) is 6.42 Å². The van der Waals surface area contributed by atoms with Crippen LogP contribution in [0.4, 0.5) is 0 Å². The van der Waals surface area contributed by atoms with Gasteiger partial charge in [0.2, 0.25) is 0 Å². The number of nitrogens with two attached hydrogens (primary N) is 1. The third kappa shape index (κ3) is 2.67.